The van der Waals surface area contributed by atoms with Crippen LogP contribution in [0.25, 0.3) is 0 Å². The zero-order chi connectivity index (χ0) is 13.5. The second-order valence-corrected chi connectivity index (χ2v) is 5.52. The molecule has 0 N–H and O–H groups in total. The minimum absolute atomic E-state index is 0.799. The molecule has 0 aliphatic heterocycles. The van der Waals surface area contributed by atoms with Crippen LogP contribution in [0, 0.1) is 18.3 Å². The van der Waals surface area contributed by atoms with Crippen LogP contribution in [0.3, 0.4) is 0 Å². The fourth-order valence-electron chi connectivity index (χ4n) is 1.74. The van der Waals surface area contributed by atoms with E-state index in [4.69, 9.17) is 5.26 Å². The Kier molecular flexibility index (Phi) is 4.83. The van der Waals surface area contributed by atoms with Crippen molar-refractivity contribution in [3.8, 4) is 6.07 Å². The fraction of sp³-hybridized carbons (Fsp3) is 0.118. The molecule has 0 aliphatic rings. The minimum atomic E-state index is 0.799. The van der Waals surface area contributed by atoms with Crippen molar-refractivity contribution >= 4 is 11.8 Å². The molecule has 0 spiro atoms. The van der Waals surface area contributed by atoms with Gasteiger partial charge in [-0.15, -0.1) is 0 Å². The summed E-state index contributed by atoms with van der Waals surface area (Å²) >= 11 is 1.66. The number of hydrogen-bond donors (Lipinski definition) is 0. The third-order valence-corrected chi connectivity index (χ3v) is 3.75. The van der Waals surface area contributed by atoms with E-state index in [1.165, 1.54) is 16.0 Å². The first-order chi connectivity index (χ1) is 9.28. The van der Waals surface area contributed by atoms with Gasteiger partial charge < -0.3 is 0 Å². The van der Waals surface area contributed by atoms with Gasteiger partial charge in [-0.25, -0.2) is 0 Å². The Hall–Kier alpha value is -1.98. The summed E-state index contributed by atoms with van der Waals surface area (Å²) in [5, 5.41) is 8.90. The summed E-state index contributed by atoms with van der Waals surface area (Å²) in [4.78, 5) is 2.24. The molecule has 0 heterocycles. The molecule has 2 aromatic rings. The second-order valence-electron chi connectivity index (χ2n) is 4.32. The van der Waals surface area contributed by atoms with Crippen molar-refractivity contribution in [1.29, 1.82) is 5.26 Å². The number of benzene rings is 2. The third-order valence-electron chi connectivity index (χ3n) is 2.72. The van der Waals surface area contributed by atoms with Gasteiger partial charge >= 0.3 is 0 Å². The third kappa shape index (κ3) is 4.31. The van der Waals surface area contributed by atoms with E-state index in [9.17, 15) is 0 Å². The minimum Gasteiger partial charge on any atom is -0.193 e. The van der Waals surface area contributed by atoms with Gasteiger partial charge in [0.1, 0.15) is 0 Å². The van der Waals surface area contributed by atoms with Crippen molar-refractivity contribution in [2.45, 2.75) is 18.2 Å². The highest BCUT2D eigenvalue weighted by Gasteiger charge is 2.02. The SMILES string of the molecule is Cc1ccc(S/C(=C\C#N)Cc2ccccc2)cc1. The molecule has 2 rings (SSSR count). The Bertz CT molecular complexity index is 591. The number of nitriles is 1. The fourth-order valence-corrected chi connectivity index (χ4v) is 2.67. The van der Waals surface area contributed by atoms with Crippen molar-refractivity contribution < 1.29 is 0 Å². The maximum Gasteiger partial charge on any atom is 0.0920 e. The van der Waals surface area contributed by atoms with E-state index in [0.717, 1.165) is 11.3 Å². The molecule has 0 aromatic heterocycles. The highest BCUT2D eigenvalue weighted by Crippen LogP contribution is 2.29. The lowest BCUT2D eigenvalue weighted by molar-refractivity contribution is 1.24. The van der Waals surface area contributed by atoms with Crippen LogP contribution < -0.4 is 0 Å². The molecule has 0 atom stereocenters. The average molecular weight is 265 g/mol. The molecule has 0 saturated heterocycles. The first-order valence-electron chi connectivity index (χ1n) is 6.15. The smallest absolute Gasteiger partial charge is 0.0920 e. The summed E-state index contributed by atoms with van der Waals surface area (Å²) in [5.41, 5.74) is 2.47. The Balaban J connectivity index is 2.11. The zero-order valence-corrected chi connectivity index (χ0v) is 11.7. The monoisotopic (exact) mass is 265 g/mol. The van der Waals surface area contributed by atoms with E-state index in [2.05, 4.69) is 49.4 Å². The van der Waals surface area contributed by atoms with Gasteiger partial charge in [-0.2, -0.15) is 5.26 Å². The standard InChI is InChI=1S/C17H15NS/c1-14-7-9-16(10-8-14)19-17(11-12-18)13-15-5-3-2-4-6-15/h2-11H,13H2,1H3/b17-11-. The highest BCUT2D eigenvalue weighted by atomic mass is 32.2. The predicted molar refractivity (Wildman–Crippen MR) is 80.9 cm³/mol. The zero-order valence-electron chi connectivity index (χ0n) is 10.8. The number of aryl methyl sites for hydroxylation is 1. The molecule has 2 heteroatoms. The first kappa shape index (κ1) is 13.5. The van der Waals surface area contributed by atoms with Crippen LogP contribution in [0.4, 0.5) is 0 Å². The average Bonchev–Trinajstić information content (AvgIpc) is 2.43. The molecule has 94 valence electrons. The highest BCUT2D eigenvalue weighted by molar-refractivity contribution is 8.03. The van der Waals surface area contributed by atoms with E-state index in [1.54, 1.807) is 17.8 Å². The lowest BCUT2D eigenvalue weighted by Crippen LogP contribution is -1.87. The van der Waals surface area contributed by atoms with E-state index in [1.807, 2.05) is 18.2 Å². The molecule has 0 fully saturated rings. The van der Waals surface area contributed by atoms with Crippen LogP contribution in [-0.4, -0.2) is 0 Å². The van der Waals surface area contributed by atoms with Crippen molar-refractivity contribution in [3.63, 3.8) is 0 Å². The predicted octanol–water partition coefficient (Wildman–Crippen LogP) is 4.74. The molecule has 0 radical (unpaired) electrons. The quantitative estimate of drug-likeness (QED) is 0.589. The van der Waals surface area contributed by atoms with E-state index in [-0.39, 0.29) is 0 Å². The topological polar surface area (TPSA) is 23.8 Å². The molecular weight excluding hydrogens is 250 g/mol. The number of nitrogens with zero attached hydrogens (tertiary/aromatic N) is 1. The molecule has 0 unspecified atom stereocenters. The van der Waals surface area contributed by atoms with E-state index in [0.29, 0.717) is 0 Å². The Labute approximate surface area is 118 Å². The van der Waals surface area contributed by atoms with Crippen LogP contribution >= 0.6 is 11.8 Å². The Morgan fingerprint density at radius 1 is 1.11 bits per heavy atom. The Morgan fingerprint density at radius 3 is 2.42 bits per heavy atom. The number of hydrogen-bond acceptors (Lipinski definition) is 2. The summed E-state index contributed by atoms with van der Waals surface area (Å²) < 4.78 is 0. The van der Waals surface area contributed by atoms with Crippen LogP contribution in [0.15, 0.2) is 70.5 Å². The van der Waals surface area contributed by atoms with Crippen LogP contribution in [0.2, 0.25) is 0 Å². The molecule has 0 bridgehead atoms. The Morgan fingerprint density at radius 2 is 1.79 bits per heavy atom. The van der Waals surface area contributed by atoms with Gasteiger partial charge in [0.25, 0.3) is 0 Å². The van der Waals surface area contributed by atoms with Crippen LogP contribution in [0.5, 0.6) is 0 Å². The first-order valence-corrected chi connectivity index (χ1v) is 6.96. The molecule has 19 heavy (non-hydrogen) atoms. The molecule has 0 aliphatic carbocycles. The summed E-state index contributed by atoms with van der Waals surface area (Å²) in [6, 6.07) is 20.7. The van der Waals surface area contributed by atoms with Gasteiger partial charge in [-0.1, -0.05) is 59.8 Å². The normalized spacial score (nSPS) is 11.1. The van der Waals surface area contributed by atoms with Gasteiger partial charge in [0.15, 0.2) is 0 Å². The van der Waals surface area contributed by atoms with E-state index >= 15 is 0 Å². The van der Waals surface area contributed by atoms with Crippen molar-refractivity contribution in [1.82, 2.24) is 0 Å². The maximum atomic E-state index is 8.90. The van der Waals surface area contributed by atoms with Gasteiger partial charge in [0.2, 0.25) is 0 Å². The van der Waals surface area contributed by atoms with Crippen molar-refractivity contribution in [3.05, 3.63) is 76.7 Å². The number of allylic oxidation sites excluding steroid dienone is 2. The molecule has 2 aromatic carbocycles. The van der Waals surface area contributed by atoms with Gasteiger partial charge in [-0.3, -0.25) is 0 Å². The number of thioether (sulfide) groups is 1. The molecular formula is C17H15NS. The van der Waals surface area contributed by atoms with Gasteiger partial charge in [0, 0.05) is 22.3 Å². The summed E-state index contributed by atoms with van der Waals surface area (Å²) in [7, 11) is 0. The van der Waals surface area contributed by atoms with E-state index < -0.39 is 0 Å². The summed E-state index contributed by atoms with van der Waals surface area (Å²) in [6.45, 7) is 2.07. The lowest BCUT2D eigenvalue weighted by Gasteiger charge is -2.06. The number of rotatable bonds is 4. The molecule has 0 saturated carbocycles. The van der Waals surface area contributed by atoms with Crippen molar-refractivity contribution in [2.75, 3.05) is 0 Å². The van der Waals surface area contributed by atoms with Gasteiger partial charge in [0.05, 0.1) is 6.07 Å². The largest absolute Gasteiger partial charge is 0.193 e. The van der Waals surface area contributed by atoms with Crippen LogP contribution in [-0.2, 0) is 6.42 Å². The molecule has 0 amide bonds. The van der Waals surface area contributed by atoms with Gasteiger partial charge in [-0.05, 0) is 24.6 Å². The second kappa shape index (κ2) is 6.82. The lowest BCUT2D eigenvalue weighted by atomic mass is 10.1. The summed E-state index contributed by atoms with van der Waals surface area (Å²) in [6.07, 6.45) is 2.43. The van der Waals surface area contributed by atoms with Crippen molar-refractivity contribution in [2.24, 2.45) is 0 Å². The summed E-state index contributed by atoms with van der Waals surface area (Å²) in [5.74, 6) is 0. The maximum absolute atomic E-state index is 8.90. The van der Waals surface area contributed by atoms with Crippen LogP contribution in [0.1, 0.15) is 11.1 Å². The molecule has 1 nitrogen and oxygen atoms in total.